The molecular formula is C16H27N3O2. The lowest BCUT2D eigenvalue weighted by Crippen LogP contribution is -2.24. The number of aromatic nitrogens is 3. The lowest BCUT2D eigenvalue weighted by atomic mass is 9.93. The van der Waals surface area contributed by atoms with Gasteiger partial charge in [-0.1, -0.05) is 33.1 Å². The number of ether oxygens (including phenoxy) is 1. The third-order valence-corrected chi connectivity index (χ3v) is 4.16. The van der Waals surface area contributed by atoms with Crippen molar-refractivity contribution in [3.05, 3.63) is 12.2 Å². The van der Waals surface area contributed by atoms with Gasteiger partial charge in [-0.15, -0.1) is 10.2 Å². The van der Waals surface area contributed by atoms with E-state index >= 15 is 0 Å². The lowest BCUT2D eigenvalue weighted by Gasteiger charge is -2.26. The molecule has 0 aliphatic heterocycles. The number of hydrogen-bond acceptors (Lipinski definition) is 4. The van der Waals surface area contributed by atoms with Crippen molar-refractivity contribution in [1.82, 2.24) is 14.8 Å². The van der Waals surface area contributed by atoms with E-state index in [4.69, 9.17) is 4.74 Å². The predicted molar refractivity (Wildman–Crippen MR) is 81.0 cm³/mol. The second kappa shape index (κ2) is 7.57. The molecule has 1 unspecified atom stereocenters. The Kier molecular flexibility index (Phi) is 5.76. The first-order valence-electron chi connectivity index (χ1n) is 8.19. The minimum absolute atomic E-state index is 0.170. The maximum atomic E-state index is 12.3. The fourth-order valence-electron chi connectivity index (χ4n) is 3.16. The average Bonchev–Trinajstić information content (AvgIpc) is 2.95. The minimum Gasteiger partial charge on any atom is -0.465 e. The molecule has 0 radical (unpaired) electrons. The zero-order chi connectivity index (χ0) is 15.2. The molecular weight excluding hydrogens is 266 g/mol. The predicted octanol–water partition coefficient (Wildman–Crippen LogP) is 3.48. The van der Waals surface area contributed by atoms with Gasteiger partial charge in [-0.3, -0.25) is 4.79 Å². The van der Waals surface area contributed by atoms with Crippen LogP contribution in [0.3, 0.4) is 0 Å². The third kappa shape index (κ3) is 4.05. The van der Waals surface area contributed by atoms with E-state index in [1.807, 2.05) is 6.92 Å². The number of nitrogens with zero attached hydrogens (tertiary/aromatic N) is 3. The van der Waals surface area contributed by atoms with E-state index in [-0.39, 0.29) is 11.9 Å². The summed E-state index contributed by atoms with van der Waals surface area (Å²) in [4.78, 5) is 12.3. The van der Waals surface area contributed by atoms with Crippen LogP contribution in [0.15, 0.2) is 6.33 Å². The van der Waals surface area contributed by atoms with Gasteiger partial charge in [-0.25, -0.2) is 0 Å². The molecule has 1 aromatic rings. The van der Waals surface area contributed by atoms with Gasteiger partial charge in [-0.05, 0) is 32.1 Å². The quantitative estimate of drug-likeness (QED) is 0.753. The van der Waals surface area contributed by atoms with Gasteiger partial charge in [0.2, 0.25) is 0 Å². The van der Waals surface area contributed by atoms with Gasteiger partial charge >= 0.3 is 5.97 Å². The fraction of sp³-hybridized carbons (Fsp3) is 0.812. The van der Waals surface area contributed by atoms with Gasteiger partial charge in [0.05, 0.1) is 6.61 Å². The van der Waals surface area contributed by atoms with Crippen LogP contribution in [0.2, 0.25) is 0 Å². The summed E-state index contributed by atoms with van der Waals surface area (Å²) < 4.78 is 7.38. The molecule has 0 spiro atoms. The van der Waals surface area contributed by atoms with Crippen molar-refractivity contribution in [3.63, 3.8) is 0 Å². The topological polar surface area (TPSA) is 57.0 Å². The van der Waals surface area contributed by atoms with Gasteiger partial charge in [0.25, 0.3) is 0 Å². The van der Waals surface area contributed by atoms with E-state index in [1.54, 1.807) is 6.33 Å². The summed E-state index contributed by atoms with van der Waals surface area (Å²) >= 11 is 0. The lowest BCUT2D eigenvalue weighted by molar-refractivity contribution is -0.145. The number of hydrogen-bond donors (Lipinski definition) is 0. The van der Waals surface area contributed by atoms with Gasteiger partial charge < -0.3 is 9.30 Å². The third-order valence-electron chi connectivity index (χ3n) is 4.16. The second-order valence-corrected chi connectivity index (χ2v) is 6.32. The second-order valence-electron chi connectivity index (χ2n) is 6.32. The van der Waals surface area contributed by atoms with Crippen LogP contribution in [-0.2, 0) is 9.53 Å². The van der Waals surface area contributed by atoms with Crippen molar-refractivity contribution in [1.29, 1.82) is 0 Å². The van der Waals surface area contributed by atoms with E-state index in [2.05, 4.69) is 28.6 Å². The first kappa shape index (κ1) is 16.0. The van der Waals surface area contributed by atoms with Crippen molar-refractivity contribution in [2.45, 2.75) is 71.3 Å². The van der Waals surface area contributed by atoms with Gasteiger partial charge in [-0.2, -0.15) is 0 Å². The number of rotatable bonds is 6. The molecule has 1 heterocycles. The van der Waals surface area contributed by atoms with Gasteiger partial charge in [0.1, 0.15) is 18.1 Å². The summed E-state index contributed by atoms with van der Waals surface area (Å²) in [5, 5.41) is 8.33. The summed E-state index contributed by atoms with van der Waals surface area (Å²) in [6.07, 6.45) is 8.65. The minimum atomic E-state index is -0.297. The molecule has 0 amide bonds. The van der Waals surface area contributed by atoms with Crippen LogP contribution >= 0.6 is 0 Å². The summed E-state index contributed by atoms with van der Waals surface area (Å²) in [5.74, 6) is 0.732. The van der Waals surface area contributed by atoms with Crippen LogP contribution in [-0.4, -0.2) is 27.3 Å². The molecule has 1 aliphatic rings. The molecule has 1 fully saturated rings. The van der Waals surface area contributed by atoms with Crippen LogP contribution in [0, 0.1) is 5.92 Å². The van der Waals surface area contributed by atoms with Crippen LogP contribution in [0.25, 0.3) is 0 Å². The fourth-order valence-corrected chi connectivity index (χ4v) is 3.16. The Hall–Kier alpha value is -1.39. The molecule has 0 N–H and O–H groups in total. The molecule has 5 nitrogen and oxygen atoms in total. The molecule has 0 bridgehead atoms. The van der Waals surface area contributed by atoms with Crippen LogP contribution in [0.4, 0.5) is 0 Å². The Labute approximate surface area is 127 Å². The Bertz CT molecular complexity index is 450. The smallest absolute Gasteiger partial charge is 0.316 e. The van der Waals surface area contributed by atoms with Gasteiger partial charge in [0, 0.05) is 6.04 Å². The first-order valence-corrected chi connectivity index (χ1v) is 8.19. The van der Waals surface area contributed by atoms with Crippen molar-refractivity contribution >= 4 is 5.97 Å². The highest BCUT2D eigenvalue weighted by Gasteiger charge is 2.30. The Balaban J connectivity index is 2.22. The normalized spacial score (nSPS) is 17.9. The molecule has 1 saturated carbocycles. The highest BCUT2D eigenvalue weighted by atomic mass is 16.5. The summed E-state index contributed by atoms with van der Waals surface area (Å²) in [7, 11) is 0. The number of carbonyl (C=O) groups excluding carboxylic acids is 1. The summed E-state index contributed by atoms with van der Waals surface area (Å²) in [5.41, 5.74) is 0. The van der Waals surface area contributed by atoms with Gasteiger partial charge in [0.15, 0.2) is 0 Å². The summed E-state index contributed by atoms with van der Waals surface area (Å²) in [6.45, 7) is 6.49. The molecule has 1 aromatic heterocycles. The van der Waals surface area contributed by atoms with E-state index < -0.39 is 0 Å². The highest BCUT2D eigenvalue weighted by molar-refractivity contribution is 5.77. The average molecular weight is 293 g/mol. The van der Waals surface area contributed by atoms with E-state index in [9.17, 15) is 4.79 Å². The van der Waals surface area contributed by atoms with Crippen LogP contribution in [0.5, 0.6) is 0 Å². The molecule has 0 saturated heterocycles. The standard InChI is InChI=1S/C16H27N3O2/c1-4-21-16(20)14(10-12(2)3)15-18-17-11-19(15)13-8-6-5-7-9-13/h11-14H,4-10H2,1-3H3. The van der Waals surface area contributed by atoms with Crippen molar-refractivity contribution in [3.8, 4) is 0 Å². The van der Waals surface area contributed by atoms with Crippen molar-refractivity contribution in [2.75, 3.05) is 6.61 Å². The maximum absolute atomic E-state index is 12.3. The Morgan fingerprint density at radius 2 is 2.10 bits per heavy atom. The number of carbonyl (C=O) groups is 1. The molecule has 118 valence electrons. The zero-order valence-electron chi connectivity index (χ0n) is 13.4. The molecule has 1 atom stereocenters. The molecule has 1 aliphatic carbocycles. The molecule has 0 aromatic carbocycles. The van der Waals surface area contributed by atoms with Crippen LogP contribution in [0.1, 0.15) is 77.1 Å². The monoisotopic (exact) mass is 293 g/mol. The SMILES string of the molecule is CCOC(=O)C(CC(C)C)c1nncn1C1CCCCC1. The van der Waals surface area contributed by atoms with Crippen molar-refractivity contribution < 1.29 is 9.53 Å². The number of esters is 1. The maximum Gasteiger partial charge on any atom is 0.316 e. The summed E-state index contributed by atoms with van der Waals surface area (Å²) in [6, 6.07) is 0.438. The van der Waals surface area contributed by atoms with E-state index in [0.29, 0.717) is 18.6 Å². The van der Waals surface area contributed by atoms with Crippen molar-refractivity contribution in [2.24, 2.45) is 5.92 Å². The zero-order valence-corrected chi connectivity index (χ0v) is 13.4. The largest absolute Gasteiger partial charge is 0.465 e. The first-order chi connectivity index (χ1) is 10.1. The molecule has 5 heteroatoms. The molecule has 2 rings (SSSR count). The molecule has 21 heavy (non-hydrogen) atoms. The Morgan fingerprint density at radius 3 is 2.71 bits per heavy atom. The van der Waals surface area contributed by atoms with Crippen LogP contribution < -0.4 is 0 Å². The van der Waals surface area contributed by atoms with E-state index in [0.717, 1.165) is 25.1 Å². The van der Waals surface area contributed by atoms with E-state index in [1.165, 1.54) is 19.3 Å². The highest BCUT2D eigenvalue weighted by Crippen LogP contribution is 2.32. The Morgan fingerprint density at radius 1 is 1.38 bits per heavy atom.